The lowest BCUT2D eigenvalue weighted by Gasteiger charge is -2.06. The maximum Gasteiger partial charge on any atom is 0.309 e. The van der Waals surface area contributed by atoms with E-state index in [-0.39, 0.29) is 13.2 Å². The quantitative estimate of drug-likeness (QED) is 0.875. The fourth-order valence-corrected chi connectivity index (χ4v) is 2.10. The molecule has 0 spiro atoms. The summed E-state index contributed by atoms with van der Waals surface area (Å²) in [5, 5.41) is 9.75. The van der Waals surface area contributed by atoms with E-state index in [0.717, 1.165) is 16.5 Å². The van der Waals surface area contributed by atoms with Crippen molar-refractivity contribution in [3.05, 3.63) is 29.5 Å². The van der Waals surface area contributed by atoms with Gasteiger partial charge in [0.2, 0.25) is 6.79 Å². The Hall–Kier alpha value is -2.30. The fourth-order valence-electron chi connectivity index (χ4n) is 2.10. The standard InChI is InChI=1S/C13H11NO4/c1-7-2-8(3-13(15)16)14-10-5-12-11(4-9(7)10)17-6-18-12/h2,4-5H,3,6H2,1H3,(H,15,16). The van der Waals surface area contributed by atoms with Crippen molar-refractivity contribution in [2.45, 2.75) is 13.3 Å². The molecule has 1 aromatic carbocycles. The number of fused-ring (bicyclic) bond motifs is 2. The number of hydrogen-bond donors (Lipinski definition) is 1. The Morgan fingerprint density at radius 1 is 1.33 bits per heavy atom. The average Bonchev–Trinajstić information content (AvgIpc) is 2.72. The Labute approximate surface area is 103 Å². The number of ether oxygens (including phenoxy) is 2. The molecule has 0 radical (unpaired) electrons. The summed E-state index contributed by atoms with van der Waals surface area (Å²) in [5.74, 6) is 0.474. The lowest BCUT2D eigenvalue weighted by Crippen LogP contribution is -2.03. The molecule has 0 atom stereocenters. The summed E-state index contributed by atoms with van der Waals surface area (Å²) in [6, 6.07) is 5.46. The van der Waals surface area contributed by atoms with Gasteiger partial charge in [0.05, 0.1) is 17.6 Å². The van der Waals surface area contributed by atoms with Crippen molar-refractivity contribution in [2.24, 2.45) is 0 Å². The van der Waals surface area contributed by atoms with Crippen LogP contribution in [0.2, 0.25) is 0 Å². The van der Waals surface area contributed by atoms with Gasteiger partial charge in [0.1, 0.15) is 0 Å². The maximum absolute atomic E-state index is 10.7. The highest BCUT2D eigenvalue weighted by Crippen LogP contribution is 2.36. The van der Waals surface area contributed by atoms with Crippen LogP contribution in [-0.4, -0.2) is 22.9 Å². The van der Waals surface area contributed by atoms with E-state index in [1.807, 2.05) is 13.0 Å². The number of aromatic nitrogens is 1. The van der Waals surface area contributed by atoms with E-state index in [1.54, 1.807) is 12.1 Å². The first-order chi connectivity index (χ1) is 8.63. The number of aryl methyl sites for hydroxylation is 1. The van der Waals surface area contributed by atoms with Crippen LogP contribution in [0.15, 0.2) is 18.2 Å². The van der Waals surface area contributed by atoms with Crippen LogP contribution in [0.4, 0.5) is 0 Å². The maximum atomic E-state index is 10.7. The lowest BCUT2D eigenvalue weighted by molar-refractivity contribution is -0.136. The molecule has 2 heterocycles. The van der Waals surface area contributed by atoms with Gasteiger partial charge < -0.3 is 14.6 Å². The molecule has 3 rings (SSSR count). The van der Waals surface area contributed by atoms with Crippen LogP contribution in [0.25, 0.3) is 10.9 Å². The third-order valence-electron chi connectivity index (χ3n) is 2.90. The van der Waals surface area contributed by atoms with E-state index in [2.05, 4.69) is 4.98 Å². The molecule has 92 valence electrons. The molecule has 18 heavy (non-hydrogen) atoms. The van der Waals surface area contributed by atoms with Gasteiger partial charge in [0.15, 0.2) is 11.5 Å². The number of carboxylic acids is 1. The third-order valence-corrected chi connectivity index (χ3v) is 2.90. The highest BCUT2D eigenvalue weighted by atomic mass is 16.7. The summed E-state index contributed by atoms with van der Waals surface area (Å²) >= 11 is 0. The van der Waals surface area contributed by atoms with Gasteiger partial charge >= 0.3 is 5.97 Å². The normalized spacial score (nSPS) is 12.9. The van der Waals surface area contributed by atoms with E-state index in [4.69, 9.17) is 14.6 Å². The van der Waals surface area contributed by atoms with Gasteiger partial charge in [-0.1, -0.05) is 0 Å². The van der Waals surface area contributed by atoms with Gasteiger partial charge in [-0.3, -0.25) is 9.78 Å². The second-order valence-corrected chi connectivity index (χ2v) is 4.22. The predicted molar refractivity (Wildman–Crippen MR) is 63.9 cm³/mol. The number of benzene rings is 1. The second-order valence-electron chi connectivity index (χ2n) is 4.22. The zero-order chi connectivity index (χ0) is 12.7. The average molecular weight is 245 g/mol. The number of pyridine rings is 1. The monoisotopic (exact) mass is 245 g/mol. The minimum Gasteiger partial charge on any atom is -0.481 e. The van der Waals surface area contributed by atoms with E-state index in [1.165, 1.54) is 0 Å². The molecule has 0 unspecified atom stereocenters. The summed E-state index contributed by atoms with van der Waals surface area (Å²) < 4.78 is 10.6. The van der Waals surface area contributed by atoms with Gasteiger partial charge in [0, 0.05) is 11.5 Å². The molecule has 0 fully saturated rings. The first-order valence-corrected chi connectivity index (χ1v) is 5.55. The third kappa shape index (κ3) is 1.73. The Morgan fingerprint density at radius 2 is 2.06 bits per heavy atom. The van der Waals surface area contributed by atoms with Crippen molar-refractivity contribution in [1.82, 2.24) is 4.98 Å². The van der Waals surface area contributed by atoms with Crippen LogP contribution in [0.1, 0.15) is 11.3 Å². The number of nitrogens with zero attached hydrogens (tertiary/aromatic N) is 1. The Kier molecular flexibility index (Phi) is 2.33. The van der Waals surface area contributed by atoms with Gasteiger partial charge in [-0.05, 0) is 24.6 Å². The van der Waals surface area contributed by atoms with Crippen LogP contribution in [0, 0.1) is 6.92 Å². The molecular weight excluding hydrogens is 234 g/mol. The first-order valence-electron chi connectivity index (χ1n) is 5.55. The van der Waals surface area contributed by atoms with Gasteiger partial charge in [-0.25, -0.2) is 0 Å². The van der Waals surface area contributed by atoms with Crippen LogP contribution < -0.4 is 9.47 Å². The lowest BCUT2D eigenvalue weighted by atomic mass is 10.1. The molecule has 0 bridgehead atoms. The van der Waals surface area contributed by atoms with Gasteiger partial charge in [-0.2, -0.15) is 0 Å². The fraction of sp³-hybridized carbons (Fsp3) is 0.231. The molecule has 1 aliphatic heterocycles. The molecule has 1 aromatic heterocycles. The van der Waals surface area contributed by atoms with Crippen LogP contribution >= 0.6 is 0 Å². The summed E-state index contributed by atoms with van der Waals surface area (Å²) in [7, 11) is 0. The number of carboxylic acid groups (broad SMARTS) is 1. The van der Waals surface area contributed by atoms with Crippen molar-refractivity contribution in [2.75, 3.05) is 6.79 Å². The zero-order valence-corrected chi connectivity index (χ0v) is 9.77. The van der Waals surface area contributed by atoms with E-state index >= 15 is 0 Å². The van der Waals surface area contributed by atoms with Crippen molar-refractivity contribution in [3.8, 4) is 11.5 Å². The smallest absolute Gasteiger partial charge is 0.309 e. The molecule has 0 saturated heterocycles. The van der Waals surface area contributed by atoms with Crippen molar-refractivity contribution in [1.29, 1.82) is 0 Å². The van der Waals surface area contributed by atoms with Crippen LogP contribution in [0.3, 0.4) is 0 Å². The highest BCUT2D eigenvalue weighted by molar-refractivity contribution is 5.86. The molecule has 0 aliphatic carbocycles. The molecule has 1 N–H and O–H groups in total. The van der Waals surface area contributed by atoms with Gasteiger partial charge in [0.25, 0.3) is 0 Å². The molecule has 5 heteroatoms. The molecule has 0 saturated carbocycles. The zero-order valence-electron chi connectivity index (χ0n) is 9.77. The number of hydrogen-bond acceptors (Lipinski definition) is 4. The highest BCUT2D eigenvalue weighted by Gasteiger charge is 2.16. The predicted octanol–water partition coefficient (Wildman–Crippen LogP) is 1.90. The summed E-state index contributed by atoms with van der Waals surface area (Å²) in [6.07, 6.45) is -0.0782. The Bertz CT molecular complexity index is 651. The molecule has 5 nitrogen and oxygen atoms in total. The second kappa shape index (κ2) is 3.87. The molecule has 0 amide bonds. The summed E-state index contributed by atoms with van der Waals surface area (Å²) in [6.45, 7) is 2.14. The number of carbonyl (C=O) groups is 1. The van der Waals surface area contributed by atoms with E-state index in [0.29, 0.717) is 17.2 Å². The van der Waals surface area contributed by atoms with E-state index in [9.17, 15) is 4.79 Å². The van der Waals surface area contributed by atoms with Crippen molar-refractivity contribution >= 4 is 16.9 Å². The minimum absolute atomic E-state index is 0.0782. The first kappa shape index (κ1) is 10.8. The Morgan fingerprint density at radius 3 is 2.78 bits per heavy atom. The SMILES string of the molecule is Cc1cc(CC(=O)O)nc2cc3c(cc12)OCO3. The summed E-state index contributed by atoms with van der Waals surface area (Å²) in [5.41, 5.74) is 2.26. The molecule has 2 aromatic rings. The van der Waals surface area contributed by atoms with Gasteiger partial charge in [-0.15, -0.1) is 0 Å². The largest absolute Gasteiger partial charge is 0.481 e. The minimum atomic E-state index is -0.887. The molecular formula is C13H11NO4. The van der Waals surface area contributed by atoms with Crippen molar-refractivity contribution < 1.29 is 19.4 Å². The number of rotatable bonds is 2. The summed E-state index contributed by atoms with van der Waals surface area (Å²) in [4.78, 5) is 15.1. The van der Waals surface area contributed by atoms with E-state index < -0.39 is 5.97 Å². The van der Waals surface area contributed by atoms with Crippen molar-refractivity contribution in [3.63, 3.8) is 0 Å². The Balaban J connectivity index is 2.17. The van der Waals surface area contributed by atoms with Crippen LogP contribution in [-0.2, 0) is 11.2 Å². The topological polar surface area (TPSA) is 68.7 Å². The van der Waals surface area contributed by atoms with Crippen LogP contribution in [0.5, 0.6) is 11.5 Å². The number of aliphatic carboxylic acids is 1. The molecule has 1 aliphatic rings.